The molecule has 0 amide bonds. The van der Waals surface area contributed by atoms with Crippen LogP contribution >= 0.6 is 11.8 Å². The summed E-state index contributed by atoms with van der Waals surface area (Å²) in [6.45, 7) is 2.75. The molecule has 8 nitrogen and oxygen atoms in total. The highest BCUT2D eigenvalue weighted by Gasteiger charge is 2.75. The first-order valence-corrected chi connectivity index (χ1v) is 10.6. The van der Waals surface area contributed by atoms with Gasteiger partial charge in [-0.05, 0) is 45.0 Å². The predicted octanol–water partition coefficient (Wildman–Crippen LogP) is 1.30. The second kappa shape index (κ2) is 8.36. The molecular weight excluding hydrogens is 441 g/mol. The van der Waals surface area contributed by atoms with E-state index in [2.05, 4.69) is 4.98 Å². The molecule has 1 aromatic carbocycles. The van der Waals surface area contributed by atoms with Gasteiger partial charge in [0, 0.05) is 11.3 Å². The van der Waals surface area contributed by atoms with Crippen LogP contribution < -0.4 is 4.74 Å². The summed E-state index contributed by atoms with van der Waals surface area (Å²) in [6, 6.07) is 8.98. The maximum absolute atomic E-state index is 13.2. The van der Waals surface area contributed by atoms with Gasteiger partial charge in [-0.3, -0.25) is 19.4 Å². The first-order valence-electron chi connectivity index (χ1n) is 9.58. The minimum absolute atomic E-state index is 0.143. The standard InChI is InChI=1S/C22H22FNO7S/c1-12(25)20(28)11-32-19(21(29,13(2)26)22(20,30)14(3)27)31-17-6-4-5-15(9-17)18-8-7-16(23)10-24-18/h4-10,19,28-30H,11H2,1-3H3/t19-,20-,21-,22-/m0/s1. The molecule has 0 aliphatic carbocycles. The zero-order chi connectivity index (χ0) is 23.9. The van der Waals surface area contributed by atoms with E-state index in [1.165, 1.54) is 24.3 Å². The molecular formula is C22H22FNO7S. The fraction of sp³-hybridized carbons (Fsp3) is 0.364. The normalized spacial score (nSPS) is 29.9. The largest absolute Gasteiger partial charge is 0.476 e. The molecule has 2 heterocycles. The molecule has 0 unspecified atom stereocenters. The number of nitrogens with zero attached hydrogens (tertiary/aromatic N) is 1. The number of carbonyl (C=O) groups excluding carboxylic acids is 3. The van der Waals surface area contributed by atoms with Crippen molar-refractivity contribution in [2.24, 2.45) is 0 Å². The molecule has 1 saturated heterocycles. The summed E-state index contributed by atoms with van der Waals surface area (Å²) in [6.07, 6.45) is 1.05. The lowest BCUT2D eigenvalue weighted by atomic mass is 9.65. The minimum atomic E-state index is -3.14. The first kappa shape index (κ1) is 24.0. The molecule has 170 valence electrons. The Morgan fingerprint density at radius 1 is 1.06 bits per heavy atom. The van der Waals surface area contributed by atoms with E-state index in [0.29, 0.717) is 23.0 Å². The van der Waals surface area contributed by atoms with Gasteiger partial charge in [0.05, 0.1) is 11.9 Å². The minimum Gasteiger partial charge on any atom is -0.476 e. The van der Waals surface area contributed by atoms with Crippen LogP contribution in [0.2, 0.25) is 0 Å². The number of Topliss-reactive ketones (excluding diaryl/α,β-unsaturated/α-hetero) is 3. The van der Waals surface area contributed by atoms with Crippen LogP contribution in [0.25, 0.3) is 11.3 Å². The number of hydrogen-bond donors (Lipinski definition) is 3. The van der Waals surface area contributed by atoms with Crippen LogP contribution in [0.5, 0.6) is 5.75 Å². The molecule has 4 atom stereocenters. The van der Waals surface area contributed by atoms with Crippen LogP contribution in [-0.4, -0.2) is 65.6 Å². The highest BCUT2D eigenvalue weighted by Crippen LogP contribution is 2.49. The van der Waals surface area contributed by atoms with E-state index >= 15 is 0 Å². The highest BCUT2D eigenvalue weighted by molar-refractivity contribution is 8.00. The number of halogens is 1. The van der Waals surface area contributed by atoms with Crippen LogP contribution in [0.3, 0.4) is 0 Å². The molecule has 3 rings (SSSR count). The van der Waals surface area contributed by atoms with Gasteiger partial charge in [0.15, 0.2) is 34.0 Å². The zero-order valence-corrected chi connectivity index (χ0v) is 18.4. The summed E-state index contributed by atoms with van der Waals surface area (Å²) >= 11 is 0.711. The number of ketones is 3. The van der Waals surface area contributed by atoms with Gasteiger partial charge in [0.1, 0.15) is 11.6 Å². The molecule has 0 saturated carbocycles. The molecule has 0 bridgehead atoms. The fourth-order valence-electron chi connectivity index (χ4n) is 3.76. The van der Waals surface area contributed by atoms with Crippen LogP contribution in [0.1, 0.15) is 20.8 Å². The number of ether oxygens (including phenoxy) is 1. The summed E-state index contributed by atoms with van der Waals surface area (Å²) in [7, 11) is 0. The van der Waals surface area contributed by atoms with Crippen LogP contribution in [-0.2, 0) is 14.4 Å². The van der Waals surface area contributed by atoms with Gasteiger partial charge in [0.25, 0.3) is 0 Å². The van der Waals surface area contributed by atoms with Crippen LogP contribution in [0.15, 0.2) is 42.6 Å². The Labute approximate surface area is 187 Å². The van der Waals surface area contributed by atoms with E-state index < -0.39 is 51.2 Å². The number of hydrogen-bond acceptors (Lipinski definition) is 9. The summed E-state index contributed by atoms with van der Waals surface area (Å²) < 4.78 is 19.0. The third-order valence-electron chi connectivity index (χ3n) is 5.66. The van der Waals surface area contributed by atoms with Crippen molar-refractivity contribution in [2.75, 3.05) is 5.75 Å². The molecule has 10 heteroatoms. The van der Waals surface area contributed by atoms with Gasteiger partial charge < -0.3 is 20.1 Å². The van der Waals surface area contributed by atoms with E-state index in [4.69, 9.17) is 4.74 Å². The van der Waals surface area contributed by atoms with Crippen LogP contribution in [0.4, 0.5) is 4.39 Å². The van der Waals surface area contributed by atoms with E-state index in [1.54, 1.807) is 12.1 Å². The number of benzene rings is 1. The summed E-state index contributed by atoms with van der Waals surface area (Å²) in [5.74, 6) is -4.07. The van der Waals surface area contributed by atoms with Gasteiger partial charge in [0.2, 0.25) is 5.60 Å². The van der Waals surface area contributed by atoms with E-state index in [9.17, 15) is 34.1 Å². The lowest BCUT2D eigenvalue weighted by molar-refractivity contribution is -0.235. The Hall–Kier alpha value is -2.66. The van der Waals surface area contributed by atoms with E-state index in [-0.39, 0.29) is 5.75 Å². The van der Waals surface area contributed by atoms with Crippen molar-refractivity contribution in [3.8, 4) is 17.0 Å². The molecule has 1 fully saturated rings. The maximum Gasteiger partial charge on any atom is 0.208 e. The molecule has 2 aromatic rings. The molecule has 0 radical (unpaired) electrons. The Bertz CT molecular complexity index is 1080. The van der Waals surface area contributed by atoms with E-state index in [0.717, 1.165) is 27.0 Å². The van der Waals surface area contributed by atoms with Gasteiger partial charge >= 0.3 is 0 Å². The number of aromatic nitrogens is 1. The molecule has 3 N–H and O–H groups in total. The average molecular weight is 463 g/mol. The van der Waals surface area contributed by atoms with Crippen molar-refractivity contribution in [1.29, 1.82) is 0 Å². The summed E-state index contributed by atoms with van der Waals surface area (Å²) in [4.78, 5) is 41.1. The van der Waals surface area contributed by atoms with Gasteiger partial charge in [-0.25, -0.2) is 4.39 Å². The molecule has 1 aliphatic rings. The van der Waals surface area contributed by atoms with Gasteiger partial charge in [-0.1, -0.05) is 12.1 Å². The van der Waals surface area contributed by atoms with Crippen molar-refractivity contribution in [2.45, 2.75) is 43.0 Å². The Balaban J connectivity index is 2.04. The van der Waals surface area contributed by atoms with E-state index in [1.807, 2.05) is 0 Å². The molecule has 1 aliphatic heterocycles. The van der Waals surface area contributed by atoms with Gasteiger partial charge in [-0.15, -0.1) is 11.8 Å². The SMILES string of the molecule is CC(=O)[C@]1(O)[C@@](O)(C(C)=O)CS[C@H](Oc2cccc(-c3ccc(F)cn3)c2)[C@@]1(O)C(C)=O. The molecule has 0 spiro atoms. The van der Waals surface area contributed by atoms with Gasteiger partial charge in [-0.2, -0.15) is 0 Å². The summed E-state index contributed by atoms with van der Waals surface area (Å²) in [5, 5.41) is 33.4. The van der Waals surface area contributed by atoms with Crippen molar-refractivity contribution in [3.05, 3.63) is 48.4 Å². The Morgan fingerprint density at radius 3 is 2.28 bits per heavy atom. The molecule has 32 heavy (non-hydrogen) atoms. The maximum atomic E-state index is 13.2. The zero-order valence-electron chi connectivity index (χ0n) is 17.5. The number of carbonyl (C=O) groups is 3. The lowest BCUT2D eigenvalue weighted by Crippen LogP contribution is -2.82. The second-order valence-electron chi connectivity index (χ2n) is 7.66. The number of pyridine rings is 1. The third kappa shape index (κ3) is 3.53. The predicted molar refractivity (Wildman–Crippen MR) is 113 cm³/mol. The topological polar surface area (TPSA) is 134 Å². The first-order chi connectivity index (χ1) is 14.9. The quantitative estimate of drug-likeness (QED) is 0.579. The number of thioether (sulfide) groups is 1. The van der Waals surface area contributed by atoms with Crippen LogP contribution in [0, 0.1) is 5.82 Å². The Kier molecular flexibility index (Phi) is 6.27. The Morgan fingerprint density at radius 2 is 1.75 bits per heavy atom. The average Bonchev–Trinajstić information content (AvgIpc) is 2.74. The molecule has 1 aromatic heterocycles. The lowest BCUT2D eigenvalue weighted by Gasteiger charge is -2.54. The highest BCUT2D eigenvalue weighted by atomic mass is 32.2. The van der Waals surface area contributed by atoms with Crippen molar-refractivity contribution in [3.63, 3.8) is 0 Å². The van der Waals surface area contributed by atoms with Crippen molar-refractivity contribution in [1.82, 2.24) is 4.98 Å². The number of aliphatic hydroxyl groups is 3. The van der Waals surface area contributed by atoms with Crippen molar-refractivity contribution < 1.29 is 38.8 Å². The summed E-state index contributed by atoms with van der Waals surface area (Å²) in [5.41, 5.74) is -9.34. The monoisotopic (exact) mass is 463 g/mol. The van der Waals surface area contributed by atoms with Crippen molar-refractivity contribution >= 4 is 29.1 Å². The fourth-order valence-corrected chi connectivity index (χ4v) is 5.32. The second-order valence-corrected chi connectivity index (χ2v) is 8.71. The smallest absolute Gasteiger partial charge is 0.208 e. The number of rotatable bonds is 6. The third-order valence-corrected chi connectivity index (χ3v) is 6.99.